The lowest BCUT2D eigenvalue weighted by molar-refractivity contribution is 0.0602. The highest BCUT2D eigenvalue weighted by atomic mass is 16.6. The Hall–Kier alpha value is -2.83. The number of aromatic nitrogens is 2. The van der Waals surface area contributed by atoms with Crippen LogP contribution >= 0.6 is 0 Å². The Kier molecular flexibility index (Phi) is 5.09. The zero-order chi connectivity index (χ0) is 18.6. The molecule has 4 rings (SSSR count). The Bertz CT molecular complexity index is 827. The van der Waals surface area contributed by atoms with Gasteiger partial charge in [0.25, 0.3) is 5.91 Å². The summed E-state index contributed by atoms with van der Waals surface area (Å²) in [5, 5.41) is 3.22. The van der Waals surface area contributed by atoms with Gasteiger partial charge in [-0.2, -0.15) is 0 Å². The van der Waals surface area contributed by atoms with Crippen molar-refractivity contribution >= 4 is 17.4 Å². The minimum absolute atomic E-state index is 0.0193. The number of carbonyl (C=O) groups is 1. The molecule has 2 aliphatic rings. The van der Waals surface area contributed by atoms with Crippen LogP contribution in [0.25, 0.3) is 0 Å². The second-order valence-corrected chi connectivity index (χ2v) is 6.83. The molecule has 2 aromatic rings. The van der Waals surface area contributed by atoms with E-state index in [0.717, 1.165) is 37.2 Å². The maximum absolute atomic E-state index is 12.9. The number of hydrogen-bond acceptors (Lipinski definition) is 6. The van der Waals surface area contributed by atoms with Crippen LogP contribution < -0.4 is 14.8 Å². The number of nitrogens with one attached hydrogen (secondary N) is 1. The normalized spacial score (nSPS) is 18.9. The molecule has 2 aliphatic heterocycles. The maximum Gasteiger partial charge on any atom is 0.272 e. The molecule has 1 aromatic carbocycles. The lowest BCUT2D eigenvalue weighted by atomic mass is 9.99. The molecule has 3 heterocycles. The van der Waals surface area contributed by atoms with Crippen LogP contribution in [0.3, 0.4) is 0 Å². The summed E-state index contributed by atoms with van der Waals surface area (Å²) in [6, 6.07) is 7.64. The van der Waals surface area contributed by atoms with E-state index in [2.05, 4.69) is 22.2 Å². The average Bonchev–Trinajstić information content (AvgIpc) is 2.73. The van der Waals surface area contributed by atoms with E-state index in [0.29, 0.717) is 36.5 Å². The highest BCUT2D eigenvalue weighted by molar-refractivity contribution is 5.93. The number of carbonyl (C=O) groups excluding carboxylic acids is 1. The van der Waals surface area contributed by atoms with Gasteiger partial charge in [0, 0.05) is 30.4 Å². The minimum atomic E-state index is -0.0193. The quantitative estimate of drug-likeness (QED) is 0.891. The van der Waals surface area contributed by atoms with Crippen molar-refractivity contribution in [2.75, 3.05) is 25.1 Å². The molecule has 0 aliphatic carbocycles. The summed E-state index contributed by atoms with van der Waals surface area (Å²) in [5.74, 6) is 2.00. The van der Waals surface area contributed by atoms with E-state index in [9.17, 15) is 4.79 Å². The molecule has 0 bridgehead atoms. The van der Waals surface area contributed by atoms with E-state index >= 15 is 0 Å². The topological polar surface area (TPSA) is 76.6 Å². The molecule has 7 nitrogen and oxygen atoms in total. The Labute approximate surface area is 158 Å². The zero-order valence-electron chi connectivity index (χ0n) is 15.5. The molecule has 1 atom stereocenters. The number of ether oxygens (including phenoxy) is 2. The fourth-order valence-electron chi connectivity index (χ4n) is 3.65. The van der Waals surface area contributed by atoms with E-state index < -0.39 is 0 Å². The van der Waals surface area contributed by atoms with E-state index in [1.54, 1.807) is 6.07 Å². The minimum Gasteiger partial charge on any atom is -0.486 e. The van der Waals surface area contributed by atoms with Gasteiger partial charge in [-0.25, -0.2) is 9.97 Å². The van der Waals surface area contributed by atoms with Crippen molar-refractivity contribution in [1.82, 2.24) is 14.9 Å². The summed E-state index contributed by atoms with van der Waals surface area (Å²) >= 11 is 0. The summed E-state index contributed by atoms with van der Waals surface area (Å²) in [7, 11) is 0. The largest absolute Gasteiger partial charge is 0.486 e. The molecule has 1 aromatic heterocycles. The molecule has 1 fully saturated rings. The van der Waals surface area contributed by atoms with Crippen LogP contribution in [0.5, 0.6) is 11.5 Å². The van der Waals surface area contributed by atoms with Gasteiger partial charge in [-0.1, -0.05) is 6.92 Å². The number of rotatable bonds is 4. The van der Waals surface area contributed by atoms with Gasteiger partial charge in [0.1, 0.15) is 31.1 Å². The summed E-state index contributed by atoms with van der Waals surface area (Å²) in [6.45, 7) is 4.03. The summed E-state index contributed by atoms with van der Waals surface area (Å²) in [5.41, 5.74) is 1.24. The third kappa shape index (κ3) is 3.82. The molecule has 1 unspecified atom stereocenters. The third-order valence-electron chi connectivity index (χ3n) is 5.06. The molecule has 1 N–H and O–H groups in total. The molecule has 0 spiro atoms. The third-order valence-corrected chi connectivity index (χ3v) is 5.06. The number of fused-ring (bicyclic) bond motifs is 1. The first-order valence-electron chi connectivity index (χ1n) is 9.54. The molecular weight excluding hydrogens is 344 g/mol. The first-order chi connectivity index (χ1) is 13.2. The van der Waals surface area contributed by atoms with Crippen LogP contribution in [0.1, 0.15) is 43.1 Å². The van der Waals surface area contributed by atoms with Crippen LogP contribution in [0.15, 0.2) is 30.6 Å². The number of likely N-dealkylation sites (tertiary alicyclic amines) is 1. The van der Waals surface area contributed by atoms with E-state index in [1.807, 2.05) is 23.1 Å². The smallest absolute Gasteiger partial charge is 0.272 e. The Morgan fingerprint density at radius 2 is 2.04 bits per heavy atom. The second-order valence-electron chi connectivity index (χ2n) is 6.83. The standard InChI is InChI=1S/C20H24N4O3/c1-2-15-5-3-4-8-24(15)20(25)16-12-19(22-13-21-16)23-14-6-7-17-18(11-14)27-10-9-26-17/h6-7,11-13,15H,2-5,8-10H2,1H3,(H,21,22,23). The second kappa shape index (κ2) is 7.82. The molecular formula is C20H24N4O3. The number of hydrogen-bond donors (Lipinski definition) is 1. The molecule has 142 valence electrons. The average molecular weight is 368 g/mol. The van der Waals surface area contributed by atoms with Crippen LogP contribution in [-0.2, 0) is 0 Å². The first kappa shape index (κ1) is 17.6. The number of benzene rings is 1. The number of nitrogens with zero attached hydrogens (tertiary/aromatic N) is 3. The highest BCUT2D eigenvalue weighted by Gasteiger charge is 2.27. The van der Waals surface area contributed by atoms with Gasteiger partial charge in [0.05, 0.1) is 0 Å². The monoisotopic (exact) mass is 368 g/mol. The number of amides is 1. The fraction of sp³-hybridized carbons (Fsp3) is 0.450. The van der Waals surface area contributed by atoms with Crippen molar-refractivity contribution in [3.63, 3.8) is 0 Å². The summed E-state index contributed by atoms with van der Waals surface area (Å²) < 4.78 is 11.1. The van der Waals surface area contributed by atoms with Gasteiger partial charge in [0.15, 0.2) is 11.5 Å². The van der Waals surface area contributed by atoms with Crippen molar-refractivity contribution in [1.29, 1.82) is 0 Å². The maximum atomic E-state index is 12.9. The highest BCUT2D eigenvalue weighted by Crippen LogP contribution is 2.33. The Morgan fingerprint density at radius 1 is 1.19 bits per heavy atom. The van der Waals surface area contributed by atoms with Gasteiger partial charge < -0.3 is 19.7 Å². The molecule has 7 heteroatoms. The predicted molar refractivity (Wildman–Crippen MR) is 102 cm³/mol. The Morgan fingerprint density at radius 3 is 2.89 bits per heavy atom. The molecule has 27 heavy (non-hydrogen) atoms. The van der Waals surface area contributed by atoms with Crippen molar-refractivity contribution in [2.24, 2.45) is 0 Å². The van der Waals surface area contributed by atoms with Gasteiger partial charge >= 0.3 is 0 Å². The van der Waals surface area contributed by atoms with Crippen molar-refractivity contribution < 1.29 is 14.3 Å². The first-order valence-corrected chi connectivity index (χ1v) is 9.54. The van der Waals surface area contributed by atoms with Gasteiger partial charge in [0.2, 0.25) is 0 Å². The molecule has 1 saturated heterocycles. The van der Waals surface area contributed by atoms with Crippen LogP contribution in [0, 0.1) is 0 Å². The fourth-order valence-corrected chi connectivity index (χ4v) is 3.65. The zero-order valence-corrected chi connectivity index (χ0v) is 15.5. The van der Waals surface area contributed by atoms with Gasteiger partial charge in [-0.15, -0.1) is 0 Å². The van der Waals surface area contributed by atoms with Gasteiger partial charge in [-0.05, 0) is 37.8 Å². The lowest BCUT2D eigenvalue weighted by Gasteiger charge is -2.35. The SMILES string of the molecule is CCC1CCCCN1C(=O)c1cc(Nc2ccc3c(c2)OCCO3)ncn1. The van der Waals surface area contributed by atoms with Crippen LogP contribution in [0.4, 0.5) is 11.5 Å². The summed E-state index contributed by atoms with van der Waals surface area (Å²) in [4.78, 5) is 23.4. The van der Waals surface area contributed by atoms with Crippen LogP contribution in [0.2, 0.25) is 0 Å². The number of anilines is 2. The van der Waals surface area contributed by atoms with E-state index in [1.165, 1.54) is 12.7 Å². The van der Waals surface area contributed by atoms with E-state index in [4.69, 9.17) is 9.47 Å². The number of piperidine rings is 1. The van der Waals surface area contributed by atoms with Gasteiger partial charge in [-0.3, -0.25) is 4.79 Å². The summed E-state index contributed by atoms with van der Waals surface area (Å²) in [6.07, 6.45) is 5.70. The van der Waals surface area contributed by atoms with E-state index in [-0.39, 0.29) is 5.91 Å². The Balaban J connectivity index is 1.51. The molecule has 0 saturated carbocycles. The van der Waals surface area contributed by atoms with Crippen molar-refractivity contribution in [3.05, 3.63) is 36.3 Å². The van der Waals surface area contributed by atoms with Crippen LogP contribution in [-0.4, -0.2) is 46.6 Å². The molecule has 1 amide bonds. The molecule has 0 radical (unpaired) electrons. The van der Waals surface area contributed by atoms with Crippen molar-refractivity contribution in [3.8, 4) is 11.5 Å². The lowest BCUT2D eigenvalue weighted by Crippen LogP contribution is -2.43. The predicted octanol–water partition coefficient (Wildman–Crippen LogP) is 3.40. The van der Waals surface area contributed by atoms with Crippen molar-refractivity contribution in [2.45, 2.75) is 38.6 Å².